The van der Waals surface area contributed by atoms with Crippen LogP contribution in [0.25, 0.3) is 10.2 Å². The topological polar surface area (TPSA) is 85.1 Å². The predicted octanol–water partition coefficient (Wildman–Crippen LogP) is 4.23. The van der Waals surface area contributed by atoms with Gasteiger partial charge in [0.05, 0.1) is 21.0 Å². The lowest BCUT2D eigenvalue weighted by Gasteiger charge is -2.09. The number of fused-ring (bicyclic) bond motifs is 1. The second-order valence-electron chi connectivity index (χ2n) is 4.87. The molecule has 0 fully saturated rings. The highest BCUT2D eigenvalue weighted by Crippen LogP contribution is 2.34. The number of hydrogen-bond donors (Lipinski definition) is 2. The zero-order chi connectivity index (χ0) is 17.3. The fourth-order valence-electron chi connectivity index (χ4n) is 1.95. The first-order valence-electron chi connectivity index (χ1n) is 6.85. The van der Waals surface area contributed by atoms with Crippen molar-refractivity contribution in [2.75, 3.05) is 5.32 Å². The average Bonchev–Trinajstić information content (AvgIpc) is 3.12. The number of carbonyl (C=O) groups excluding carboxylic acids is 2. The Bertz CT molecular complexity index is 922. The highest BCUT2D eigenvalue weighted by atomic mass is 35.5. The van der Waals surface area contributed by atoms with Crippen LogP contribution in [-0.4, -0.2) is 22.0 Å². The van der Waals surface area contributed by atoms with Crippen LogP contribution in [-0.2, 0) is 4.79 Å². The Hall–Kier alpha value is -1.61. The highest BCUT2D eigenvalue weighted by Gasteiger charge is 2.19. The SMILES string of the molecule is CC(Sc1nc2cc(Cl)ccc2s1)C(=O)Nc1sccc1C(N)=O. The maximum absolute atomic E-state index is 12.3. The molecule has 9 heteroatoms. The van der Waals surface area contributed by atoms with E-state index in [1.54, 1.807) is 24.4 Å². The van der Waals surface area contributed by atoms with Crippen LogP contribution in [0.4, 0.5) is 5.00 Å². The van der Waals surface area contributed by atoms with Crippen LogP contribution in [0.5, 0.6) is 0 Å². The van der Waals surface area contributed by atoms with Gasteiger partial charge in [0.15, 0.2) is 4.34 Å². The molecule has 24 heavy (non-hydrogen) atoms. The first-order valence-corrected chi connectivity index (χ1v) is 9.80. The number of aromatic nitrogens is 1. The van der Waals surface area contributed by atoms with E-state index in [2.05, 4.69) is 10.3 Å². The van der Waals surface area contributed by atoms with E-state index in [4.69, 9.17) is 17.3 Å². The van der Waals surface area contributed by atoms with Gasteiger partial charge in [0, 0.05) is 5.02 Å². The van der Waals surface area contributed by atoms with Crippen molar-refractivity contribution < 1.29 is 9.59 Å². The van der Waals surface area contributed by atoms with Crippen LogP contribution >= 0.6 is 46.0 Å². The fourth-order valence-corrected chi connectivity index (χ4v) is 5.10. The molecule has 2 aromatic heterocycles. The Labute approximate surface area is 155 Å². The van der Waals surface area contributed by atoms with Crippen molar-refractivity contribution in [2.24, 2.45) is 5.73 Å². The summed E-state index contributed by atoms with van der Waals surface area (Å²) >= 11 is 10.1. The zero-order valence-electron chi connectivity index (χ0n) is 12.4. The summed E-state index contributed by atoms with van der Waals surface area (Å²) in [4.78, 5) is 28.1. The maximum Gasteiger partial charge on any atom is 0.251 e. The van der Waals surface area contributed by atoms with Crippen molar-refractivity contribution >= 4 is 73.1 Å². The fraction of sp³-hybridized carbons (Fsp3) is 0.133. The third kappa shape index (κ3) is 3.72. The van der Waals surface area contributed by atoms with E-state index < -0.39 is 5.91 Å². The molecule has 0 aliphatic heterocycles. The Morgan fingerprint density at radius 3 is 2.92 bits per heavy atom. The number of thioether (sulfide) groups is 1. The van der Waals surface area contributed by atoms with E-state index in [0.29, 0.717) is 15.6 Å². The van der Waals surface area contributed by atoms with Crippen molar-refractivity contribution in [2.45, 2.75) is 16.5 Å². The van der Waals surface area contributed by atoms with E-state index >= 15 is 0 Å². The van der Waals surface area contributed by atoms with Gasteiger partial charge in [0.25, 0.3) is 5.91 Å². The summed E-state index contributed by atoms with van der Waals surface area (Å²) in [6.45, 7) is 1.79. The van der Waals surface area contributed by atoms with E-state index in [9.17, 15) is 9.59 Å². The highest BCUT2D eigenvalue weighted by molar-refractivity contribution is 8.02. The first-order chi connectivity index (χ1) is 11.4. The molecule has 3 rings (SSSR count). The molecular weight excluding hydrogens is 386 g/mol. The summed E-state index contributed by atoms with van der Waals surface area (Å²) in [7, 11) is 0. The Morgan fingerprint density at radius 1 is 1.38 bits per heavy atom. The molecule has 5 nitrogen and oxygen atoms in total. The Morgan fingerprint density at radius 2 is 2.17 bits per heavy atom. The van der Waals surface area contributed by atoms with Crippen LogP contribution in [0.3, 0.4) is 0 Å². The normalized spacial score (nSPS) is 12.2. The lowest BCUT2D eigenvalue weighted by atomic mass is 10.3. The molecule has 0 saturated heterocycles. The van der Waals surface area contributed by atoms with Gasteiger partial charge in [-0.1, -0.05) is 23.4 Å². The molecule has 1 atom stereocenters. The molecule has 2 heterocycles. The van der Waals surface area contributed by atoms with Gasteiger partial charge < -0.3 is 11.1 Å². The van der Waals surface area contributed by atoms with E-state index in [1.165, 1.54) is 34.4 Å². The molecule has 0 radical (unpaired) electrons. The number of anilines is 1. The second-order valence-corrected chi connectivity index (χ2v) is 8.84. The molecule has 0 aliphatic rings. The van der Waals surface area contributed by atoms with Gasteiger partial charge in [-0.05, 0) is 36.6 Å². The lowest BCUT2D eigenvalue weighted by molar-refractivity contribution is -0.115. The van der Waals surface area contributed by atoms with Crippen LogP contribution < -0.4 is 11.1 Å². The molecule has 0 saturated carbocycles. The number of primary amides is 1. The van der Waals surface area contributed by atoms with Gasteiger partial charge in [0.1, 0.15) is 5.00 Å². The molecule has 3 aromatic rings. The largest absolute Gasteiger partial charge is 0.366 e. The van der Waals surface area contributed by atoms with E-state index in [0.717, 1.165) is 14.6 Å². The van der Waals surface area contributed by atoms with Crippen molar-refractivity contribution in [1.29, 1.82) is 0 Å². The minimum atomic E-state index is -0.560. The molecule has 3 N–H and O–H groups in total. The number of nitrogens with one attached hydrogen (secondary N) is 1. The second kappa shape index (κ2) is 7.10. The minimum absolute atomic E-state index is 0.206. The van der Waals surface area contributed by atoms with E-state index in [1.807, 2.05) is 12.1 Å². The van der Waals surface area contributed by atoms with Gasteiger partial charge in [-0.15, -0.1) is 22.7 Å². The van der Waals surface area contributed by atoms with E-state index in [-0.39, 0.29) is 11.2 Å². The van der Waals surface area contributed by atoms with Crippen molar-refractivity contribution in [3.8, 4) is 0 Å². The first kappa shape index (κ1) is 17.2. The van der Waals surface area contributed by atoms with Gasteiger partial charge >= 0.3 is 0 Å². The summed E-state index contributed by atoms with van der Waals surface area (Å²) in [5.41, 5.74) is 6.42. The van der Waals surface area contributed by atoms with Crippen LogP contribution in [0.15, 0.2) is 34.0 Å². The van der Waals surface area contributed by atoms with Gasteiger partial charge in [-0.2, -0.15) is 0 Å². The third-order valence-electron chi connectivity index (χ3n) is 3.14. The zero-order valence-corrected chi connectivity index (χ0v) is 15.6. The predicted molar refractivity (Wildman–Crippen MR) is 101 cm³/mol. The number of rotatable bonds is 5. The van der Waals surface area contributed by atoms with Crippen molar-refractivity contribution in [1.82, 2.24) is 4.98 Å². The molecule has 0 aliphatic carbocycles. The summed E-state index contributed by atoms with van der Waals surface area (Å²) in [5.74, 6) is -0.767. The number of benzene rings is 1. The number of halogens is 1. The number of nitrogens with zero attached hydrogens (tertiary/aromatic N) is 1. The number of nitrogens with two attached hydrogens (primary N) is 1. The molecule has 2 amide bonds. The van der Waals surface area contributed by atoms with Crippen LogP contribution in [0.2, 0.25) is 5.02 Å². The van der Waals surface area contributed by atoms with Gasteiger partial charge in [0.2, 0.25) is 5.91 Å². The Kier molecular flexibility index (Phi) is 5.09. The maximum atomic E-state index is 12.3. The van der Waals surface area contributed by atoms with Crippen LogP contribution in [0.1, 0.15) is 17.3 Å². The number of thiophene rings is 1. The molecular formula is C15H12ClN3O2S3. The molecule has 1 aromatic carbocycles. The van der Waals surface area contributed by atoms with Crippen molar-refractivity contribution in [3.63, 3.8) is 0 Å². The molecule has 124 valence electrons. The van der Waals surface area contributed by atoms with Crippen LogP contribution in [0, 0.1) is 0 Å². The standard InChI is InChI=1S/C15H12ClN3O2S3/c1-7(13(21)19-14-9(12(17)20)4-5-22-14)23-15-18-10-6-8(16)2-3-11(10)24-15/h2-7H,1H3,(H2,17,20)(H,19,21). The Balaban J connectivity index is 1.71. The number of carbonyl (C=O) groups is 2. The van der Waals surface area contributed by atoms with Gasteiger partial charge in [-0.25, -0.2) is 4.98 Å². The number of thiazole rings is 1. The summed E-state index contributed by atoms with van der Waals surface area (Å²) in [6, 6.07) is 7.12. The molecule has 0 bridgehead atoms. The lowest BCUT2D eigenvalue weighted by Crippen LogP contribution is -2.23. The smallest absolute Gasteiger partial charge is 0.251 e. The summed E-state index contributed by atoms with van der Waals surface area (Å²) in [5, 5.41) is 5.19. The van der Waals surface area contributed by atoms with Gasteiger partial charge in [-0.3, -0.25) is 9.59 Å². The summed E-state index contributed by atoms with van der Waals surface area (Å²) in [6.07, 6.45) is 0. The molecule has 1 unspecified atom stereocenters. The number of hydrogen-bond acceptors (Lipinski definition) is 6. The van der Waals surface area contributed by atoms with Crippen molar-refractivity contribution in [3.05, 3.63) is 40.2 Å². The third-order valence-corrected chi connectivity index (χ3v) is 6.44. The average molecular weight is 398 g/mol. The monoisotopic (exact) mass is 397 g/mol. The molecule has 0 spiro atoms. The summed E-state index contributed by atoms with van der Waals surface area (Å²) < 4.78 is 1.81. The number of amides is 2. The quantitative estimate of drug-likeness (QED) is 0.631. The minimum Gasteiger partial charge on any atom is -0.366 e.